The Morgan fingerprint density at radius 3 is 2.81 bits per heavy atom. The molecule has 0 aromatic carbocycles. The summed E-state index contributed by atoms with van der Waals surface area (Å²) in [6.07, 6.45) is 0.617. The van der Waals surface area contributed by atoms with Crippen LogP contribution in [0.3, 0.4) is 0 Å². The maximum absolute atomic E-state index is 11.7. The molecule has 0 unspecified atom stereocenters. The van der Waals surface area contributed by atoms with Gasteiger partial charge in [-0.05, 0) is 12.5 Å². The summed E-state index contributed by atoms with van der Waals surface area (Å²) in [6.45, 7) is 1.71. The van der Waals surface area contributed by atoms with Crippen LogP contribution in [0.2, 0.25) is 10.3 Å². The van der Waals surface area contributed by atoms with Crippen LogP contribution in [0.25, 0.3) is 0 Å². The van der Waals surface area contributed by atoms with E-state index in [2.05, 4.69) is 15.5 Å². The van der Waals surface area contributed by atoms with Gasteiger partial charge in [-0.2, -0.15) is 0 Å². The summed E-state index contributed by atoms with van der Waals surface area (Å²) in [7, 11) is 0. The predicted octanol–water partition coefficient (Wildman–Crippen LogP) is 1.28. The zero-order valence-electron chi connectivity index (χ0n) is 8.57. The molecule has 1 rings (SSSR count). The van der Waals surface area contributed by atoms with Gasteiger partial charge in [0.25, 0.3) is 5.91 Å². The monoisotopic (exact) mass is 263 g/mol. The highest BCUT2D eigenvalue weighted by Gasteiger charge is 2.16. The van der Waals surface area contributed by atoms with Crippen molar-refractivity contribution in [1.29, 1.82) is 0 Å². The minimum absolute atomic E-state index is 0.0188. The van der Waals surface area contributed by atoms with E-state index in [0.29, 0.717) is 6.42 Å². The van der Waals surface area contributed by atoms with E-state index in [1.54, 1.807) is 0 Å². The molecule has 0 aliphatic heterocycles. The van der Waals surface area contributed by atoms with Crippen LogP contribution in [0.5, 0.6) is 0 Å². The summed E-state index contributed by atoms with van der Waals surface area (Å²) in [5.41, 5.74) is 0.147. The highest BCUT2D eigenvalue weighted by molar-refractivity contribution is 6.34. The summed E-state index contributed by atoms with van der Waals surface area (Å²) in [6, 6.07) is 1.02. The Balaban J connectivity index is 2.83. The number of nitrogens with one attached hydrogen (secondary N) is 1. The maximum Gasteiger partial charge on any atom is 0.254 e. The molecular formula is C9H11Cl2N3O2. The van der Waals surface area contributed by atoms with E-state index in [1.807, 2.05) is 6.92 Å². The third kappa shape index (κ3) is 3.30. The Kier molecular flexibility index (Phi) is 4.92. The molecule has 1 atom stereocenters. The van der Waals surface area contributed by atoms with Crippen molar-refractivity contribution >= 4 is 29.1 Å². The van der Waals surface area contributed by atoms with Crippen LogP contribution in [0.15, 0.2) is 6.07 Å². The van der Waals surface area contributed by atoms with E-state index < -0.39 is 5.91 Å². The molecule has 0 bridgehead atoms. The Morgan fingerprint density at radius 1 is 1.56 bits per heavy atom. The molecule has 1 heterocycles. The van der Waals surface area contributed by atoms with Crippen molar-refractivity contribution in [3.8, 4) is 0 Å². The van der Waals surface area contributed by atoms with Crippen LogP contribution in [0.4, 0.5) is 0 Å². The lowest BCUT2D eigenvalue weighted by atomic mass is 10.2. The van der Waals surface area contributed by atoms with Crippen LogP contribution < -0.4 is 5.32 Å². The van der Waals surface area contributed by atoms with Crippen molar-refractivity contribution in [2.45, 2.75) is 19.4 Å². The number of amides is 1. The summed E-state index contributed by atoms with van der Waals surface area (Å²) in [4.78, 5) is 11.7. The van der Waals surface area contributed by atoms with Gasteiger partial charge in [0.2, 0.25) is 0 Å². The average molecular weight is 264 g/mol. The fourth-order valence-corrected chi connectivity index (χ4v) is 1.38. The van der Waals surface area contributed by atoms with Crippen molar-refractivity contribution in [2.24, 2.45) is 0 Å². The van der Waals surface area contributed by atoms with Crippen LogP contribution in [0.1, 0.15) is 23.7 Å². The molecule has 2 N–H and O–H groups in total. The van der Waals surface area contributed by atoms with Crippen LogP contribution >= 0.6 is 23.2 Å². The number of nitrogens with zero attached hydrogens (tertiary/aromatic N) is 2. The molecule has 0 saturated carbocycles. The highest BCUT2D eigenvalue weighted by atomic mass is 35.5. The predicted molar refractivity (Wildman–Crippen MR) is 60.7 cm³/mol. The van der Waals surface area contributed by atoms with Crippen molar-refractivity contribution < 1.29 is 9.90 Å². The van der Waals surface area contributed by atoms with Gasteiger partial charge in [0, 0.05) is 0 Å². The zero-order valence-corrected chi connectivity index (χ0v) is 10.1. The molecule has 5 nitrogen and oxygen atoms in total. The van der Waals surface area contributed by atoms with E-state index in [-0.39, 0.29) is 28.5 Å². The Hall–Kier alpha value is -0.910. The second kappa shape index (κ2) is 5.98. The number of aliphatic hydroxyl groups excluding tert-OH is 1. The van der Waals surface area contributed by atoms with Crippen LogP contribution in [0, 0.1) is 0 Å². The number of hydrogen-bond acceptors (Lipinski definition) is 4. The molecule has 1 aromatic heterocycles. The summed E-state index contributed by atoms with van der Waals surface area (Å²) >= 11 is 11.3. The molecule has 0 radical (unpaired) electrons. The van der Waals surface area contributed by atoms with Gasteiger partial charge in [-0.25, -0.2) is 0 Å². The van der Waals surface area contributed by atoms with Crippen molar-refractivity contribution in [3.05, 3.63) is 21.9 Å². The van der Waals surface area contributed by atoms with E-state index in [1.165, 1.54) is 6.07 Å². The molecule has 7 heteroatoms. The quantitative estimate of drug-likeness (QED) is 0.859. The first kappa shape index (κ1) is 13.2. The summed E-state index contributed by atoms with van der Waals surface area (Å²) in [5.74, 6) is -0.428. The summed E-state index contributed by atoms with van der Waals surface area (Å²) < 4.78 is 0. The fraction of sp³-hybridized carbons (Fsp3) is 0.444. The Morgan fingerprint density at radius 2 is 2.25 bits per heavy atom. The van der Waals surface area contributed by atoms with Gasteiger partial charge >= 0.3 is 0 Å². The van der Waals surface area contributed by atoms with Gasteiger partial charge in [-0.15, -0.1) is 10.2 Å². The number of rotatable bonds is 4. The van der Waals surface area contributed by atoms with E-state index in [0.717, 1.165) is 0 Å². The molecule has 0 spiro atoms. The van der Waals surface area contributed by atoms with Crippen molar-refractivity contribution in [1.82, 2.24) is 15.5 Å². The van der Waals surface area contributed by atoms with Crippen molar-refractivity contribution in [3.63, 3.8) is 0 Å². The standard InChI is InChI=1S/C9H11Cl2N3O2/c1-2-5(4-15)12-9(16)6-3-7(10)13-14-8(6)11/h3,5,15H,2,4H2,1H3,(H,12,16)/t5-/m0/s1. The minimum Gasteiger partial charge on any atom is -0.394 e. The van der Waals surface area contributed by atoms with Gasteiger partial charge in [0.15, 0.2) is 10.3 Å². The number of aromatic nitrogens is 2. The molecule has 88 valence electrons. The SMILES string of the molecule is CC[C@@H](CO)NC(=O)c1cc(Cl)nnc1Cl. The summed E-state index contributed by atoms with van der Waals surface area (Å²) in [5, 5.41) is 18.6. The minimum atomic E-state index is -0.428. The molecule has 16 heavy (non-hydrogen) atoms. The van der Waals surface area contributed by atoms with E-state index in [4.69, 9.17) is 28.3 Å². The number of carbonyl (C=O) groups is 1. The van der Waals surface area contributed by atoms with Gasteiger partial charge in [0.05, 0.1) is 18.2 Å². The Bertz CT molecular complexity index is 383. The van der Waals surface area contributed by atoms with Gasteiger partial charge < -0.3 is 10.4 Å². The lowest BCUT2D eigenvalue weighted by Gasteiger charge is -2.14. The number of carbonyl (C=O) groups excluding carboxylic acids is 1. The van der Waals surface area contributed by atoms with Gasteiger partial charge in [0.1, 0.15) is 0 Å². The highest BCUT2D eigenvalue weighted by Crippen LogP contribution is 2.15. The second-order valence-corrected chi connectivity index (χ2v) is 3.88. The first-order valence-corrected chi connectivity index (χ1v) is 5.44. The maximum atomic E-state index is 11.7. The van der Waals surface area contributed by atoms with E-state index in [9.17, 15) is 4.79 Å². The molecular weight excluding hydrogens is 253 g/mol. The number of halogens is 2. The first-order valence-electron chi connectivity index (χ1n) is 4.69. The first-order chi connectivity index (χ1) is 7.58. The number of aliphatic hydroxyl groups is 1. The number of hydrogen-bond donors (Lipinski definition) is 2. The molecule has 0 fully saturated rings. The van der Waals surface area contributed by atoms with E-state index >= 15 is 0 Å². The largest absolute Gasteiger partial charge is 0.394 e. The molecule has 0 aliphatic carbocycles. The smallest absolute Gasteiger partial charge is 0.254 e. The lowest BCUT2D eigenvalue weighted by molar-refractivity contribution is 0.0914. The second-order valence-electron chi connectivity index (χ2n) is 3.13. The van der Waals surface area contributed by atoms with Gasteiger partial charge in [-0.1, -0.05) is 30.1 Å². The van der Waals surface area contributed by atoms with Crippen LogP contribution in [-0.4, -0.2) is 33.9 Å². The molecule has 1 amide bonds. The zero-order chi connectivity index (χ0) is 12.1. The molecule has 1 aromatic rings. The van der Waals surface area contributed by atoms with Gasteiger partial charge in [-0.3, -0.25) is 4.79 Å². The average Bonchev–Trinajstić information content (AvgIpc) is 2.28. The third-order valence-corrected chi connectivity index (χ3v) is 2.48. The fourth-order valence-electron chi connectivity index (χ4n) is 1.05. The lowest BCUT2D eigenvalue weighted by Crippen LogP contribution is -2.37. The Labute approximate surface area is 103 Å². The normalized spacial score (nSPS) is 12.2. The van der Waals surface area contributed by atoms with Crippen molar-refractivity contribution in [2.75, 3.05) is 6.61 Å². The molecule has 0 aliphatic rings. The van der Waals surface area contributed by atoms with Crippen LogP contribution in [-0.2, 0) is 0 Å². The topological polar surface area (TPSA) is 75.1 Å². The third-order valence-electron chi connectivity index (χ3n) is 2.01. The molecule has 0 saturated heterocycles.